The number of anilines is 1. The summed E-state index contributed by atoms with van der Waals surface area (Å²) in [5, 5.41) is 2.55. The van der Waals surface area contributed by atoms with Crippen LogP contribution in [0.3, 0.4) is 0 Å². The molecule has 1 amide bonds. The molecule has 0 fully saturated rings. The van der Waals surface area contributed by atoms with Crippen molar-refractivity contribution in [1.82, 2.24) is 0 Å². The van der Waals surface area contributed by atoms with Crippen LogP contribution >= 0.6 is 0 Å². The lowest BCUT2D eigenvalue weighted by molar-refractivity contribution is -0.118. The van der Waals surface area contributed by atoms with Gasteiger partial charge in [0.25, 0.3) is 0 Å². The van der Waals surface area contributed by atoms with Gasteiger partial charge in [0.05, 0.1) is 5.69 Å². The minimum Gasteiger partial charge on any atom is -0.323 e. The van der Waals surface area contributed by atoms with Crippen molar-refractivity contribution in [2.24, 2.45) is 5.92 Å². The zero-order valence-electron chi connectivity index (χ0n) is 9.30. The van der Waals surface area contributed by atoms with Crippen molar-refractivity contribution in [2.75, 3.05) is 5.32 Å². The van der Waals surface area contributed by atoms with Crippen LogP contribution in [0.1, 0.15) is 26.3 Å². The van der Waals surface area contributed by atoms with Crippen LogP contribution in [0.15, 0.2) is 18.2 Å². The fraction of sp³-hybridized carbons (Fsp3) is 0.417. The van der Waals surface area contributed by atoms with Gasteiger partial charge < -0.3 is 5.32 Å². The third kappa shape index (κ3) is 3.05. The molecule has 2 nitrogen and oxygen atoms in total. The second-order valence-electron chi connectivity index (χ2n) is 3.81. The number of hydrogen-bond donors (Lipinski definition) is 1. The molecule has 0 saturated carbocycles. The molecule has 1 aromatic carbocycles. The van der Waals surface area contributed by atoms with Crippen LogP contribution in [-0.2, 0) is 11.2 Å². The van der Waals surface area contributed by atoms with Crippen molar-refractivity contribution in [3.05, 3.63) is 29.6 Å². The van der Waals surface area contributed by atoms with Crippen LogP contribution < -0.4 is 5.32 Å². The van der Waals surface area contributed by atoms with Gasteiger partial charge in [-0.15, -0.1) is 0 Å². The maximum absolute atomic E-state index is 13.4. The molecule has 0 radical (unpaired) electrons. The van der Waals surface area contributed by atoms with Crippen LogP contribution in [0.2, 0.25) is 0 Å². The van der Waals surface area contributed by atoms with Crippen molar-refractivity contribution < 1.29 is 9.18 Å². The second kappa shape index (κ2) is 4.91. The van der Waals surface area contributed by atoms with Crippen molar-refractivity contribution in [2.45, 2.75) is 27.2 Å². The molecule has 82 valence electrons. The number of hydrogen-bond acceptors (Lipinski definition) is 1. The van der Waals surface area contributed by atoms with E-state index in [1.165, 1.54) is 6.07 Å². The maximum atomic E-state index is 13.4. The SMILES string of the molecule is CCc1ccc(NC(=O)C(C)C)c(F)c1. The number of nitrogens with one attached hydrogen (secondary N) is 1. The molecule has 0 aromatic heterocycles. The molecule has 0 bridgehead atoms. The lowest BCUT2D eigenvalue weighted by Crippen LogP contribution is -2.18. The zero-order valence-corrected chi connectivity index (χ0v) is 9.30. The van der Waals surface area contributed by atoms with Crippen LogP contribution in [0, 0.1) is 11.7 Å². The predicted octanol–water partition coefficient (Wildman–Crippen LogP) is 2.98. The van der Waals surface area contributed by atoms with E-state index in [2.05, 4.69) is 5.32 Å². The first-order valence-electron chi connectivity index (χ1n) is 5.14. The normalized spacial score (nSPS) is 10.5. The van der Waals surface area contributed by atoms with Crippen molar-refractivity contribution in [3.8, 4) is 0 Å². The van der Waals surface area contributed by atoms with E-state index in [1.807, 2.05) is 13.0 Å². The first-order valence-corrected chi connectivity index (χ1v) is 5.14. The molecule has 0 spiro atoms. The van der Waals surface area contributed by atoms with E-state index in [-0.39, 0.29) is 23.3 Å². The summed E-state index contributed by atoms with van der Waals surface area (Å²) in [5.74, 6) is -0.684. The quantitative estimate of drug-likeness (QED) is 0.814. The molecule has 1 N–H and O–H groups in total. The Kier molecular flexibility index (Phi) is 3.83. The Labute approximate surface area is 89.5 Å². The van der Waals surface area contributed by atoms with Gasteiger partial charge >= 0.3 is 0 Å². The fourth-order valence-corrected chi connectivity index (χ4v) is 1.16. The number of halogens is 1. The molecule has 0 atom stereocenters. The van der Waals surface area contributed by atoms with Gasteiger partial charge in [-0.3, -0.25) is 4.79 Å². The largest absolute Gasteiger partial charge is 0.323 e. The number of benzene rings is 1. The Morgan fingerprint density at radius 2 is 2.13 bits per heavy atom. The maximum Gasteiger partial charge on any atom is 0.227 e. The van der Waals surface area contributed by atoms with Crippen LogP contribution in [-0.4, -0.2) is 5.91 Å². The summed E-state index contributed by atoms with van der Waals surface area (Å²) in [5.41, 5.74) is 1.18. The molecular weight excluding hydrogens is 193 g/mol. The minimum atomic E-state index is -0.372. The molecule has 1 aromatic rings. The van der Waals surface area contributed by atoms with Crippen molar-refractivity contribution in [3.63, 3.8) is 0 Å². The van der Waals surface area contributed by atoms with Gasteiger partial charge in [-0.05, 0) is 24.1 Å². The minimum absolute atomic E-state index is 0.143. The fourth-order valence-electron chi connectivity index (χ4n) is 1.16. The predicted molar refractivity (Wildman–Crippen MR) is 59.2 cm³/mol. The Balaban J connectivity index is 2.83. The van der Waals surface area contributed by atoms with E-state index in [1.54, 1.807) is 19.9 Å². The molecule has 0 saturated heterocycles. The molecule has 0 aliphatic carbocycles. The Bertz CT molecular complexity index is 361. The van der Waals surface area contributed by atoms with E-state index < -0.39 is 0 Å². The van der Waals surface area contributed by atoms with E-state index >= 15 is 0 Å². The summed E-state index contributed by atoms with van der Waals surface area (Å²) < 4.78 is 13.4. The van der Waals surface area contributed by atoms with Gasteiger partial charge in [-0.1, -0.05) is 26.8 Å². The summed E-state index contributed by atoms with van der Waals surface area (Å²) in [6.07, 6.45) is 0.787. The molecular formula is C12H16FNO. The van der Waals surface area contributed by atoms with Gasteiger partial charge in [0.15, 0.2) is 0 Å². The van der Waals surface area contributed by atoms with E-state index in [9.17, 15) is 9.18 Å². The van der Waals surface area contributed by atoms with Crippen LogP contribution in [0.25, 0.3) is 0 Å². The van der Waals surface area contributed by atoms with E-state index in [0.717, 1.165) is 12.0 Å². The van der Waals surface area contributed by atoms with Gasteiger partial charge in [0.2, 0.25) is 5.91 Å². The lowest BCUT2D eigenvalue weighted by atomic mass is 10.1. The first kappa shape index (κ1) is 11.7. The number of rotatable bonds is 3. The summed E-state index contributed by atoms with van der Waals surface area (Å²) in [6.45, 7) is 5.50. The molecule has 3 heteroatoms. The third-order valence-electron chi connectivity index (χ3n) is 2.22. The van der Waals surface area contributed by atoms with Gasteiger partial charge in [0.1, 0.15) is 5.82 Å². The summed E-state index contributed by atoms with van der Waals surface area (Å²) >= 11 is 0. The van der Waals surface area contributed by atoms with Crippen LogP contribution in [0.5, 0.6) is 0 Å². The smallest absolute Gasteiger partial charge is 0.227 e. The number of aryl methyl sites for hydroxylation is 1. The summed E-state index contributed by atoms with van der Waals surface area (Å²) in [4.78, 5) is 11.3. The van der Waals surface area contributed by atoms with Crippen molar-refractivity contribution >= 4 is 11.6 Å². The van der Waals surface area contributed by atoms with E-state index in [0.29, 0.717) is 0 Å². The summed E-state index contributed by atoms with van der Waals surface area (Å²) in [7, 11) is 0. The monoisotopic (exact) mass is 209 g/mol. The average Bonchev–Trinajstić information content (AvgIpc) is 2.20. The molecule has 0 unspecified atom stereocenters. The zero-order chi connectivity index (χ0) is 11.4. The standard InChI is InChI=1S/C12H16FNO/c1-4-9-5-6-11(10(13)7-9)14-12(15)8(2)3/h5-8H,4H2,1-3H3,(H,14,15). The summed E-state index contributed by atoms with van der Waals surface area (Å²) in [6, 6.07) is 4.88. The molecule has 0 aliphatic heterocycles. The number of carbonyl (C=O) groups excluding carboxylic acids is 1. The molecule has 1 rings (SSSR count). The highest BCUT2D eigenvalue weighted by Crippen LogP contribution is 2.16. The Morgan fingerprint density at radius 3 is 2.60 bits per heavy atom. The highest BCUT2D eigenvalue weighted by Gasteiger charge is 2.10. The number of amides is 1. The lowest BCUT2D eigenvalue weighted by Gasteiger charge is -2.09. The highest BCUT2D eigenvalue weighted by atomic mass is 19.1. The van der Waals surface area contributed by atoms with Crippen molar-refractivity contribution in [1.29, 1.82) is 0 Å². The topological polar surface area (TPSA) is 29.1 Å². The molecule has 0 aliphatic rings. The number of carbonyl (C=O) groups is 1. The van der Waals surface area contributed by atoms with Gasteiger partial charge in [-0.2, -0.15) is 0 Å². The second-order valence-corrected chi connectivity index (χ2v) is 3.81. The van der Waals surface area contributed by atoms with Crippen LogP contribution in [0.4, 0.5) is 10.1 Å². The third-order valence-corrected chi connectivity index (χ3v) is 2.22. The first-order chi connectivity index (χ1) is 7.04. The van der Waals surface area contributed by atoms with Gasteiger partial charge in [0, 0.05) is 5.92 Å². The Hall–Kier alpha value is -1.38. The molecule has 15 heavy (non-hydrogen) atoms. The molecule has 0 heterocycles. The average molecular weight is 209 g/mol. The van der Waals surface area contributed by atoms with Gasteiger partial charge in [-0.25, -0.2) is 4.39 Å². The Morgan fingerprint density at radius 1 is 1.47 bits per heavy atom. The van der Waals surface area contributed by atoms with E-state index in [4.69, 9.17) is 0 Å². The highest BCUT2D eigenvalue weighted by molar-refractivity contribution is 5.92.